The fourth-order valence-corrected chi connectivity index (χ4v) is 2.74. The number of amides is 1. The topological polar surface area (TPSA) is 46.9 Å². The second-order valence-corrected chi connectivity index (χ2v) is 5.15. The second-order valence-electron chi connectivity index (χ2n) is 4.78. The van der Waals surface area contributed by atoms with Gasteiger partial charge >= 0.3 is 0 Å². The first-order valence-corrected chi connectivity index (χ1v) is 6.96. The van der Waals surface area contributed by atoms with Crippen molar-refractivity contribution in [3.05, 3.63) is 65.1 Å². The largest absolute Gasteiger partial charge is 0.347 e. The average Bonchev–Trinajstić information content (AvgIpc) is 2.78. The van der Waals surface area contributed by atoms with Gasteiger partial charge in [-0.3, -0.25) is 9.78 Å². The van der Waals surface area contributed by atoms with E-state index in [1.807, 2.05) is 48.0 Å². The van der Waals surface area contributed by atoms with Crippen molar-refractivity contribution in [1.82, 2.24) is 14.9 Å². The van der Waals surface area contributed by atoms with Gasteiger partial charge in [0.05, 0.1) is 5.02 Å². The molecule has 0 aliphatic rings. The molecule has 21 heavy (non-hydrogen) atoms. The van der Waals surface area contributed by atoms with Gasteiger partial charge in [0.15, 0.2) is 0 Å². The molecule has 4 nitrogen and oxygen atoms in total. The molecule has 0 bridgehead atoms. The number of halogens is 1. The molecule has 1 amide bonds. The molecule has 1 aromatic carbocycles. The zero-order valence-corrected chi connectivity index (χ0v) is 12.3. The summed E-state index contributed by atoms with van der Waals surface area (Å²) in [4.78, 5) is 16.3. The zero-order chi connectivity index (χ0) is 14.8. The number of aryl methyl sites for hydroxylation is 1. The lowest BCUT2D eigenvalue weighted by Gasteiger charge is -2.07. The van der Waals surface area contributed by atoms with Crippen molar-refractivity contribution in [1.29, 1.82) is 0 Å². The number of rotatable bonds is 3. The first-order chi connectivity index (χ1) is 10.2. The molecule has 1 N–H and O–H groups in total. The predicted molar refractivity (Wildman–Crippen MR) is 83.3 cm³/mol. The van der Waals surface area contributed by atoms with Gasteiger partial charge in [0, 0.05) is 36.9 Å². The van der Waals surface area contributed by atoms with Crippen LogP contribution in [0.3, 0.4) is 0 Å². The molecule has 0 spiro atoms. The van der Waals surface area contributed by atoms with Crippen molar-refractivity contribution < 1.29 is 4.79 Å². The highest BCUT2D eigenvalue weighted by Crippen LogP contribution is 2.29. The van der Waals surface area contributed by atoms with Crippen LogP contribution in [0.5, 0.6) is 0 Å². The minimum absolute atomic E-state index is 0.185. The lowest BCUT2D eigenvalue weighted by molar-refractivity contribution is 0.0943. The number of para-hydroxylation sites is 1. The molecular weight excluding hydrogens is 286 g/mol. The Morgan fingerprint density at radius 2 is 1.95 bits per heavy atom. The molecule has 0 saturated heterocycles. The van der Waals surface area contributed by atoms with Gasteiger partial charge in [-0.15, -0.1) is 0 Å². The summed E-state index contributed by atoms with van der Waals surface area (Å²) in [7, 11) is 1.84. The van der Waals surface area contributed by atoms with E-state index in [1.54, 1.807) is 12.4 Å². The van der Waals surface area contributed by atoms with E-state index in [4.69, 9.17) is 11.6 Å². The number of pyridine rings is 1. The minimum atomic E-state index is -0.185. The van der Waals surface area contributed by atoms with Crippen molar-refractivity contribution in [2.45, 2.75) is 6.54 Å². The summed E-state index contributed by atoms with van der Waals surface area (Å²) in [5.41, 5.74) is 2.41. The number of fused-ring (bicyclic) bond motifs is 1. The smallest absolute Gasteiger partial charge is 0.269 e. The number of aromatic nitrogens is 2. The van der Waals surface area contributed by atoms with Gasteiger partial charge in [0.2, 0.25) is 0 Å². The van der Waals surface area contributed by atoms with E-state index in [1.165, 1.54) is 0 Å². The van der Waals surface area contributed by atoms with Gasteiger partial charge < -0.3 is 9.88 Å². The normalized spacial score (nSPS) is 10.8. The Morgan fingerprint density at radius 1 is 1.24 bits per heavy atom. The third kappa shape index (κ3) is 2.50. The molecule has 0 fully saturated rings. The number of carbonyl (C=O) groups excluding carboxylic acids is 1. The number of hydrogen-bond acceptors (Lipinski definition) is 2. The highest BCUT2D eigenvalue weighted by Gasteiger charge is 2.19. The number of nitrogens with zero attached hydrogens (tertiary/aromatic N) is 2. The maximum Gasteiger partial charge on any atom is 0.269 e. The summed E-state index contributed by atoms with van der Waals surface area (Å²) >= 11 is 6.35. The van der Waals surface area contributed by atoms with Crippen LogP contribution in [0, 0.1) is 0 Å². The number of nitrogens with one attached hydrogen (secondary N) is 1. The van der Waals surface area contributed by atoms with Gasteiger partial charge in [-0.2, -0.15) is 0 Å². The lowest BCUT2D eigenvalue weighted by Crippen LogP contribution is -2.25. The summed E-state index contributed by atoms with van der Waals surface area (Å²) < 4.78 is 1.82. The fraction of sp³-hybridized carbons (Fsp3) is 0.125. The molecule has 0 saturated carbocycles. The van der Waals surface area contributed by atoms with Gasteiger partial charge in [-0.1, -0.05) is 29.8 Å². The molecule has 0 unspecified atom stereocenters. The summed E-state index contributed by atoms with van der Waals surface area (Å²) in [6.07, 6.45) is 3.40. The molecule has 0 radical (unpaired) electrons. The van der Waals surface area contributed by atoms with Crippen LogP contribution in [0.25, 0.3) is 10.9 Å². The Bertz CT molecular complexity index is 757. The first kappa shape index (κ1) is 13.6. The standard InChI is InChI=1S/C16H14ClN3O/c1-20-13-5-3-2-4-12(13)14(17)15(20)16(21)19-10-11-6-8-18-9-7-11/h2-9H,10H2,1H3,(H,19,21). The first-order valence-electron chi connectivity index (χ1n) is 6.58. The third-order valence-corrected chi connectivity index (χ3v) is 3.85. The van der Waals surface area contributed by atoms with Crippen molar-refractivity contribution in [2.24, 2.45) is 7.05 Å². The van der Waals surface area contributed by atoms with E-state index in [0.29, 0.717) is 17.3 Å². The summed E-state index contributed by atoms with van der Waals surface area (Å²) in [5.74, 6) is -0.185. The predicted octanol–water partition coefficient (Wildman–Crippen LogP) is 3.16. The van der Waals surface area contributed by atoms with Gasteiger partial charge in [-0.05, 0) is 23.8 Å². The maximum atomic E-state index is 12.4. The minimum Gasteiger partial charge on any atom is -0.347 e. The molecule has 0 atom stereocenters. The van der Waals surface area contributed by atoms with Gasteiger partial charge in [-0.25, -0.2) is 0 Å². The van der Waals surface area contributed by atoms with Crippen LogP contribution in [0.15, 0.2) is 48.8 Å². The Hall–Kier alpha value is -2.33. The van der Waals surface area contributed by atoms with Crippen molar-refractivity contribution in [3.63, 3.8) is 0 Å². The number of benzene rings is 1. The molecule has 3 aromatic rings. The maximum absolute atomic E-state index is 12.4. The van der Waals surface area contributed by atoms with Crippen molar-refractivity contribution in [3.8, 4) is 0 Å². The average molecular weight is 300 g/mol. The van der Waals surface area contributed by atoms with Crippen LogP contribution in [0.1, 0.15) is 16.1 Å². The third-order valence-electron chi connectivity index (χ3n) is 3.46. The molecular formula is C16H14ClN3O. The SMILES string of the molecule is Cn1c(C(=O)NCc2ccncc2)c(Cl)c2ccccc21. The summed E-state index contributed by atoms with van der Waals surface area (Å²) in [6, 6.07) is 11.4. The Balaban J connectivity index is 1.88. The Morgan fingerprint density at radius 3 is 2.67 bits per heavy atom. The van der Waals surface area contributed by atoms with E-state index in [9.17, 15) is 4.79 Å². The van der Waals surface area contributed by atoms with Crippen LogP contribution in [-0.2, 0) is 13.6 Å². The van der Waals surface area contributed by atoms with E-state index in [-0.39, 0.29) is 5.91 Å². The van der Waals surface area contributed by atoms with E-state index in [0.717, 1.165) is 16.5 Å². The van der Waals surface area contributed by atoms with Crippen LogP contribution < -0.4 is 5.32 Å². The van der Waals surface area contributed by atoms with Crippen molar-refractivity contribution >= 4 is 28.4 Å². The van der Waals surface area contributed by atoms with Crippen LogP contribution >= 0.6 is 11.6 Å². The fourth-order valence-electron chi connectivity index (χ4n) is 2.37. The molecule has 0 aliphatic carbocycles. The number of carbonyl (C=O) groups is 1. The van der Waals surface area contributed by atoms with E-state index >= 15 is 0 Å². The summed E-state index contributed by atoms with van der Waals surface area (Å²) in [6.45, 7) is 0.444. The van der Waals surface area contributed by atoms with Crippen LogP contribution in [0.4, 0.5) is 0 Å². The summed E-state index contributed by atoms with van der Waals surface area (Å²) in [5, 5.41) is 4.26. The Labute approximate surface area is 127 Å². The van der Waals surface area contributed by atoms with Crippen LogP contribution in [0.2, 0.25) is 5.02 Å². The monoisotopic (exact) mass is 299 g/mol. The van der Waals surface area contributed by atoms with E-state index in [2.05, 4.69) is 10.3 Å². The molecule has 2 heterocycles. The molecule has 0 aliphatic heterocycles. The van der Waals surface area contributed by atoms with E-state index < -0.39 is 0 Å². The molecule has 5 heteroatoms. The highest BCUT2D eigenvalue weighted by molar-refractivity contribution is 6.38. The van der Waals surface area contributed by atoms with Gasteiger partial charge in [0.25, 0.3) is 5.91 Å². The lowest BCUT2D eigenvalue weighted by atomic mass is 10.2. The molecule has 106 valence electrons. The quantitative estimate of drug-likeness (QED) is 0.807. The highest BCUT2D eigenvalue weighted by atomic mass is 35.5. The molecule has 3 rings (SSSR count). The van der Waals surface area contributed by atoms with Crippen LogP contribution in [-0.4, -0.2) is 15.5 Å². The zero-order valence-electron chi connectivity index (χ0n) is 11.5. The molecule has 2 aromatic heterocycles. The van der Waals surface area contributed by atoms with Gasteiger partial charge in [0.1, 0.15) is 5.69 Å². The van der Waals surface area contributed by atoms with Crippen molar-refractivity contribution in [2.75, 3.05) is 0 Å². The Kier molecular flexibility index (Phi) is 3.62. The second kappa shape index (κ2) is 5.58. The number of hydrogen-bond donors (Lipinski definition) is 1.